The van der Waals surface area contributed by atoms with Gasteiger partial charge in [0.1, 0.15) is 0 Å². The van der Waals surface area contributed by atoms with E-state index in [0.717, 1.165) is 10.4 Å². The van der Waals surface area contributed by atoms with Crippen molar-refractivity contribution < 1.29 is 18.3 Å². The summed E-state index contributed by atoms with van der Waals surface area (Å²) < 4.78 is 25.0. The van der Waals surface area contributed by atoms with E-state index in [-0.39, 0.29) is 17.7 Å². The highest BCUT2D eigenvalue weighted by atomic mass is 32.2. The Kier molecular flexibility index (Phi) is 5.74. The van der Waals surface area contributed by atoms with E-state index in [1.54, 1.807) is 31.2 Å². The highest BCUT2D eigenvalue weighted by molar-refractivity contribution is 7.89. The van der Waals surface area contributed by atoms with Gasteiger partial charge >= 0.3 is 5.97 Å². The Hall–Kier alpha value is -2.19. The monoisotopic (exact) mass is 366 g/mol. The molecule has 0 aliphatic rings. The molecule has 1 aromatic carbocycles. The van der Waals surface area contributed by atoms with Crippen LogP contribution in [0.25, 0.3) is 0 Å². The number of carbonyl (C=O) groups is 1. The van der Waals surface area contributed by atoms with Crippen LogP contribution in [0.1, 0.15) is 28.8 Å². The molecule has 0 saturated heterocycles. The van der Waals surface area contributed by atoms with E-state index in [1.807, 2.05) is 18.4 Å². The summed E-state index contributed by atoms with van der Waals surface area (Å²) in [6, 6.07) is 8.72. The number of hydrazone groups is 1. The lowest BCUT2D eigenvalue weighted by atomic mass is 10.2. The normalized spacial score (nSPS) is 12.2. The van der Waals surface area contributed by atoms with Gasteiger partial charge in [-0.05, 0) is 42.5 Å². The zero-order chi connectivity index (χ0) is 17.7. The molecule has 1 heterocycles. The maximum atomic E-state index is 12.5. The third-order valence-electron chi connectivity index (χ3n) is 3.32. The molecule has 0 unspecified atom stereocenters. The first-order chi connectivity index (χ1) is 11.3. The average Bonchev–Trinajstić information content (AvgIpc) is 3.03. The maximum Gasteiger partial charge on any atom is 0.303 e. The smallest absolute Gasteiger partial charge is 0.303 e. The number of carboxylic acids is 1. The van der Waals surface area contributed by atoms with Gasteiger partial charge in [0.15, 0.2) is 0 Å². The van der Waals surface area contributed by atoms with Crippen molar-refractivity contribution in [1.29, 1.82) is 0 Å². The van der Waals surface area contributed by atoms with Crippen LogP contribution < -0.4 is 4.83 Å². The molecule has 0 amide bonds. The number of thiophene rings is 1. The van der Waals surface area contributed by atoms with E-state index >= 15 is 0 Å². The summed E-state index contributed by atoms with van der Waals surface area (Å²) >= 11 is 1.38. The van der Waals surface area contributed by atoms with Gasteiger partial charge in [-0.25, -0.2) is 0 Å². The minimum Gasteiger partial charge on any atom is -0.481 e. The molecular formula is C16H18N2O4S2. The van der Waals surface area contributed by atoms with Gasteiger partial charge in [0.05, 0.1) is 21.9 Å². The van der Waals surface area contributed by atoms with Crippen LogP contribution in [0.3, 0.4) is 0 Å². The number of nitrogens with one attached hydrogen (secondary N) is 1. The Morgan fingerprint density at radius 2 is 2.00 bits per heavy atom. The summed E-state index contributed by atoms with van der Waals surface area (Å²) in [5.41, 5.74) is 1.85. The van der Waals surface area contributed by atoms with E-state index in [1.165, 1.54) is 11.3 Å². The molecule has 2 rings (SSSR count). The molecule has 128 valence electrons. The van der Waals surface area contributed by atoms with Crippen molar-refractivity contribution in [3.05, 3.63) is 51.7 Å². The largest absolute Gasteiger partial charge is 0.481 e. The zero-order valence-electron chi connectivity index (χ0n) is 13.3. The topological polar surface area (TPSA) is 95.8 Å². The molecule has 0 spiro atoms. The highest BCUT2D eigenvalue weighted by Gasteiger charge is 2.17. The fraction of sp³-hybridized carbons (Fsp3) is 0.250. The van der Waals surface area contributed by atoms with Gasteiger partial charge in [0.25, 0.3) is 10.0 Å². The van der Waals surface area contributed by atoms with E-state index in [4.69, 9.17) is 5.11 Å². The van der Waals surface area contributed by atoms with Crippen molar-refractivity contribution in [2.45, 2.75) is 31.6 Å². The van der Waals surface area contributed by atoms with Gasteiger partial charge in [-0.15, -0.1) is 11.3 Å². The summed E-state index contributed by atoms with van der Waals surface area (Å²) in [5, 5.41) is 14.6. The van der Waals surface area contributed by atoms with E-state index in [0.29, 0.717) is 11.3 Å². The number of hydrogen-bond acceptors (Lipinski definition) is 5. The van der Waals surface area contributed by atoms with Crippen molar-refractivity contribution in [2.24, 2.45) is 5.10 Å². The second-order valence-corrected chi connectivity index (χ2v) is 7.87. The summed E-state index contributed by atoms with van der Waals surface area (Å²) in [4.78, 5) is 13.9. The molecule has 2 N–H and O–H groups in total. The van der Waals surface area contributed by atoms with Crippen molar-refractivity contribution >= 4 is 33.0 Å². The first-order valence-electron chi connectivity index (χ1n) is 7.21. The summed E-state index contributed by atoms with van der Waals surface area (Å²) in [7, 11) is -3.82. The number of carboxylic acid groups (broad SMARTS) is 1. The number of hydrogen-bond donors (Lipinski definition) is 2. The minimum atomic E-state index is -3.82. The number of benzene rings is 1. The lowest BCUT2D eigenvalue weighted by molar-refractivity contribution is -0.136. The number of rotatable bonds is 7. The third-order valence-corrected chi connectivity index (χ3v) is 5.58. The van der Waals surface area contributed by atoms with Crippen LogP contribution in [0.4, 0.5) is 0 Å². The molecule has 0 aliphatic carbocycles. The average molecular weight is 366 g/mol. The molecule has 0 saturated carbocycles. The Morgan fingerprint density at radius 3 is 2.62 bits per heavy atom. The SMILES string of the molecule is Cc1ccc(C)c(S(=O)(=O)NN=C(CCC(=O)O)c2cccs2)c1. The van der Waals surface area contributed by atoms with Crippen molar-refractivity contribution in [2.75, 3.05) is 0 Å². The second kappa shape index (κ2) is 7.59. The Bertz CT molecular complexity index is 856. The summed E-state index contributed by atoms with van der Waals surface area (Å²) in [6.07, 6.45) is 0.0209. The molecule has 0 atom stereocenters. The van der Waals surface area contributed by atoms with Crippen LogP contribution in [0.5, 0.6) is 0 Å². The molecule has 0 fully saturated rings. The molecule has 0 bridgehead atoms. The number of nitrogens with zero attached hydrogens (tertiary/aromatic N) is 1. The molecule has 24 heavy (non-hydrogen) atoms. The van der Waals surface area contributed by atoms with E-state index in [9.17, 15) is 13.2 Å². The lowest BCUT2D eigenvalue weighted by Crippen LogP contribution is -2.21. The maximum absolute atomic E-state index is 12.5. The predicted molar refractivity (Wildman–Crippen MR) is 94.0 cm³/mol. The summed E-state index contributed by atoms with van der Waals surface area (Å²) in [5.74, 6) is -0.961. The third kappa shape index (κ3) is 4.65. The van der Waals surface area contributed by atoms with Gasteiger partial charge in [-0.3, -0.25) is 4.79 Å². The van der Waals surface area contributed by atoms with Gasteiger partial charge in [0.2, 0.25) is 0 Å². The van der Waals surface area contributed by atoms with Gasteiger partial charge < -0.3 is 5.11 Å². The van der Waals surface area contributed by atoms with E-state index < -0.39 is 16.0 Å². The van der Waals surface area contributed by atoms with Crippen molar-refractivity contribution in [1.82, 2.24) is 4.83 Å². The summed E-state index contributed by atoms with van der Waals surface area (Å²) in [6.45, 7) is 3.52. The first-order valence-corrected chi connectivity index (χ1v) is 9.57. The van der Waals surface area contributed by atoms with Crippen LogP contribution in [-0.2, 0) is 14.8 Å². The molecular weight excluding hydrogens is 348 g/mol. The minimum absolute atomic E-state index is 0.123. The predicted octanol–water partition coefficient (Wildman–Crippen LogP) is 2.91. The zero-order valence-corrected chi connectivity index (χ0v) is 14.9. The van der Waals surface area contributed by atoms with Crippen LogP contribution in [0, 0.1) is 13.8 Å². The molecule has 2 aromatic rings. The van der Waals surface area contributed by atoms with E-state index in [2.05, 4.69) is 9.93 Å². The van der Waals surface area contributed by atoms with Crippen LogP contribution in [-0.4, -0.2) is 25.2 Å². The van der Waals surface area contributed by atoms with Crippen LogP contribution in [0.2, 0.25) is 0 Å². The Labute approximate surface area is 144 Å². The lowest BCUT2D eigenvalue weighted by Gasteiger charge is -2.09. The number of aliphatic carboxylic acids is 1. The first kappa shape index (κ1) is 18.2. The molecule has 6 nitrogen and oxygen atoms in total. The van der Waals surface area contributed by atoms with Crippen LogP contribution >= 0.6 is 11.3 Å². The highest BCUT2D eigenvalue weighted by Crippen LogP contribution is 2.18. The number of sulfonamides is 1. The van der Waals surface area contributed by atoms with Gasteiger partial charge in [-0.1, -0.05) is 18.2 Å². The number of aryl methyl sites for hydroxylation is 2. The standard InChI is InChI=1S/C16H18N2O4S2/c1-11-5-6-12(2)15(10-11)24(21,22)18-17-13(7-8-16(19)20)14-4-3-9-23-14/h3-6,9-10,18H,7-8H2,1-2H3,(H,19,20). The molecule has 0 radical (unpaired) electrons. The fourth-order valence-corrected chi connectivity index (χ4v) is 3.97. The van der Waals surface area contributed by atoms with Crippen molar-refractivity contribution in [3.8, 4) is 0 Å². The molecule has 0 aliphatic heterocycles. The van der Waals surface area contributed by atoms with Gasteiger partial charge in [-0.2, -0.15) is 18.4 Å². The van der Waals surface area contributed by atoms with Crippen LogP contribution in [0.15, 0.2) is 45.7 Å². The van der Waals surface area contributed by atoms with Crippen molar-refractivity contribution in [3.63, 3.8) is 0 Å². The fourth-order valence-electron chi connectivity index (χ4n) is 2.06. The Morgan fingerprint density at radius 1 is 1.25 bits per heavy atom. The quantitative estimate of drug-likeness (QED) is 0.582. The molecule has 8 heteroatoms. The Balaban J connectivity index is 2.29. The van der Waals surface area contributed by atoms with Gasteiger partial charge in [0, 0.05) is 6.42 Å². The second-order valence-electron chi connectivity index (χ2n) is 5.29. The molecule has 1 aromatic heterocycles.